The second-order valence-corrected chi connectivity index (χ2v) is 4.43. The summed E-state index contributed by atoms with van der Waals surface area (Å²) in [5.74, 6) is 0. The second kappa shape index (κ2) is 4.84. The topological polar surface area (TPSA) is 22.1 Å². The molecule has 2 nitrogen and oxygen atoms in total. The molecule has 0 saturated carbocycles. The average molecular weight is 260 g/mol. The van der Waals surface area contributed by atoms with Gasteiger partial charge in [-0.25, -0.2) is 0 Å². The van der Waals surface area contributed by atoms with E-state index in [1.807, 2.05) is 24.3 Å². The zero-order valence-corrected chi connectivity index (χ0v) is 9.94. The summed E-state index contributed by atoms with van der Waals surface area (Å²) in [6, 6.07) is 7.54. The molecule has 0 unspecified atom stereocenters. The van der Waals surface area contributed by atoms with Gasteiger partial charge in [0.15, 0.2) is 0 Å². The van der Waals surface area contributed by atoms with Gasteiger partial charge in [-0.3, -0.25) is 0 Å². The van der Waals surface area contributed by atoms with Gasteiger partial charge in [-0.1, -0.05) is 52.7 Å². The molecule has 0 spiro atoms. The first-order valence-electron chi connectivity index (χ1n) is 4.23. The quantitative estimate of drug-likeness (QED) is 0.831. The first-order chi connectivity index (χ1) is 7.25. The van der Waals surface area contributed by atoms with E-state index in [0.29, 0.717) is 22.0 Å². The summed E-state index contributed by atoms with van der Waals surface area (Å²) < 4.78 is 5.43. The molecule has 0 N–H and O–H groups in total. The van der Waals surface area contributed by atoms with Gasteiger partial charge in [-0.05, 0) is 6.07 Å². The molecule has 1 heterocycles. The van der Waals surface area contributed by atoms with Crippen LogP contribution in [0.3, 0.4) is 0 Å². The van der Waals surface area contributed by atoms with Crippen molar-refractivity contribution in [3.05, 3.63) is 45.4 Å². The summed E-state index contributed by atoms with van der Waals surface area (Å²) in [4.78, 5) is 3.97. The highest BCUT2D eigenvalue weighted by molar-refractivity contribution is 7.11. The molecule has 0 aliphatic rings. The van der Waals surface area contributed by atoms with Gasteiger partial charge < -0.3 is 4.74 Å². The van der Waals surface area contributed by atoms with Crippen molar-refractivity contribution in [3.8, 4) is 5.19 Å². The minimum atomic E-state index is 0.406. The Morgan fingerprint density at radius 2 is 2.07 bits per heavy atom. The molecule has 78 valence electrons. The van der Waals surface area contributed by atoms with Gasteiger partial charge in [0.2, 0.25) is 0 Å². The zero-order valence-electron chi connectivity index (χ0n) is 7.61. The van der Waals surface area contributed by atoms with Crippen LogP contribution in [0, 0.1) is 0 Å². The van der Waals surface area contributed by atoms with Gasteiger partial charge in [0, 0.05) is 16.0 Å². The third-order valence-electron chi connectivity index (χ3n) is 1.76. The van der Waals surface area contributed by atoms with Crippen molar-refractivity contribution >= 4 is 34.5 Å². The Labute approximate surface area is 101 Å². The highest BCUT2D eigenvalue weighted by Crippen LogP contribution is 2.23. The van der Waals surface area contributed by atoms with E-state index in [1.54, 1.807) is 5.38 Å². The lowest BCUT2D eigenvalue weighted by atomic mass is 10.2. The summed E-state index contributed by atoms with van der Waals surface area (Å²) in [6.07, 6.45) is 0. The smallest absolute Gasteiger partial charge is 0.274 e. The lowest BCUT2D eigenvalue weighted by Crippen LogP contribution is -1.95. The summed E-state index contributed by atoms with van der Waals surface area (Å²) >= 11 is 13.0. The van der Waals surface area contributed by atoms with Gasteiger partial charge in [-0.15, -0.1) is 0 Å². The zero-order chi connectivity index (χ0) is 10.7. The van der Waals surface area contributed by atoms with Crippen LogP contribution in [0.1, 0.15) is 5.56 Å². The molecule has 0 amide bonds. The lowest BCUT2D eigenvalue weighted by Gasteiger charge is -2.03. The first-order valence-corrected chi connectivity index (χ1v) is 5.86. The fourth-order valence-corrected chi connectivity index (χ4v) is 2.04. The van der Waals surface area contributed by atoms with Gasteiger partial charge in [0.1, 0.15) is 11.8 Å². The van der Waals surface area contributed by atoms with Crippen molar-refractivity contribution < 1.29 is 4.74 Å². The van der Waals surface area contributed by atoms with E-state index < -0.39 is 0 Å². The Hall–Kier alpha value is -0.770. The molecule has 1 aromatic heterocycles. The van der Waals surface area contributed by atoms with Crippen molar-refractivity contribution in [2.45, 2.75) is 6.61 Å². The summed E-state index contributed by atoms with van der Waals surface area (Å²) in [7, 11) is 0. The highest BCUT2D eigenvalue weighted by Gasteiger charge is 2.03. The van der Waals surface area contributed by atoms with Crippen molar-refractivity contribution in [2.75, 3.05) is 0 Å². The number of hydrogen-bond donors (Lipinski definition) is 0. The highest BCUT2D eigenvalue weighted by atomic mass is 35.5. The molecule has 0 aliphatic heterocycles. The number of nitrogens with zero attached hydrogens (tertiary/aromatic N) is 1. The van der Waals surface area contributed by atoms with Crippen LogP contribution in [0.5, 0.6) is 5.19 Å². The van der Waals surface area contributed by atoms with Gasteiger partial charge in [0.05, 0.1) is 0 Å². The number of aromatic nitrogens is 1. The van der Waals surface area contributed by atoms with Crippen LogP contribution < -0.4 is 4.74 Å². The second-order valence-electron chi connectivity index (χ2n) is 2.82. The third-order valence-corrected chi connectivity index (χ3v) is 3.21. The normalized spacial score (nSPS) is 10.3. The fourth-order valence-electron chi connectivity index (χ4n) is 1.06. The molecule has 0 saturated heterocycles. The standard InChI is InChI=1S/C10H7Cl2NOS/c11-8-4-2-1-3-7(8)5-14-10-13-9(12)6-15-10/h1-4,6H,5H2. The van der Waals surface area contributed by atoms with E-state index in [4.69, 9.17) is 27.9 Å². The van der Waals surface area contributed by atoms with Gasteiger partial charge >= 0.3 is 0 Å². The van der Waals surface area contributed by atoms with Crippen LogP contribution in [0.25, 0.3) is 0 Å². The van der Waals surface area contributed by atoms with Crippen molar-refractivity contribution in [1.82, 2.24) is 4.98 Å². The van der Waals surface area contributed by atoms with Gasteiger partial charge in [-0.2, -0.15) is 4.98 Å². The number of halogens is 2. The molecule has 0 atom stereocenters. The molecular weight excluding hydrogens is 253 g/mol. The maximum atomic E-state index is 5.97. The molecule has 0 bridgehead atoms. The van der Waals surface area contributed by atoms with Crippen LogP contribution in [0.4, 0.5) is 0 Å². The Morgan fingerprint density at radius 1 is 1.27 bits per heavy atom. The molecule has 0 fully saturated rings. The number of hydrogen-bond acceptors (Lipinski definition) is 3. The van der Waals surface area contributed by atoms with Crippen molar-refractivity contribution in [1.29, 1.82) is 0 Å². The summed E-state index contributed by atoms with van der Waals surface area (Å²) in [5, 5.41) is 3.43. The number of thiazole rings is 1. The van der Waals surface area contributed by atoms with Crippen LogP contribution in [-0.2, 0) is 6.61 Å². The van der Waals surface area contributed by atoms with E-state index in [-0.39, 0.29) is 0 Å². The molecule has 1 aromatic carbocycles. The summed E-state index contributed by atoms with van der Waals surface area (Å²) in [5.41, 5.74) is 0.936. The monoisotopic (exact) mass is 259 g/mol. The maximum absolute atomic E-state index is 5.97. The largest absolute Gasteiger partial charge is 0.465 e. The maximum Gasteiger partial charge on any atom is 0.274 e. The van der Waals surface area contributed by atoms with Crippen LogP contribution in [-0.4, -0.2) is 4.98 Å². The number of ether oxygens (including phenoxy) is 1. The lowest BCUT2D eigenvalue weighted by molar-refractivity contribution is 0.304. The number of benzene rings is 1. The van der Waals surface area contributed by atoms with Crippen LogP contribution in [0.2, 0.25) is 10.2 Å². The molecule has 5 heteroatoms. The minimum absolute atomic E-state index is 0.406. The van der Waals surface area contributed by atoms with E-state index in [1.165, 1.54) is 11.3 Å². The predicted octanol–water partition coefficient (Wildman–Crippen LogP) is 4.03. The van der Waals surface area contributed by atoms with E-state index in [2.05, 4.69) is 4.98 Å². The van der Waals surface area contributed by atoms with Crippen LogP contribution in [0.15, 0.2) is 29.6 Å². The molecule has 15 heavy (non-hydrogen) atoms. The number of rotatable bonds is 3. The molecule has 0 radical (unpaired) electrons. The van der Waals surface area contributed by atoms with Gasteiger partial charge in [0.25, 0.3) is 5.19 Å². The van der Waals surface area contributed by atoms with Crippen molar-refractivity contribution in [2.24, 2.45) is 0 Å². The Balaban J connectivity index is 2.02. The SMILES string of the molecule is Clc1csc(OCc2ccccc2Cl)n1. The first kappa shape index (κ1) is 10.7. The van der Waals surface area contributed by atoms with Crippen LogP contribution >= 0.6 is 34.5 Å². The molecular formula is C10H7Cl2NOS. The predicted molar refractivity (Wildman–Crippen MR) is 62.9 cm³/mol. The third kappa shape index (κ3) is 2.84. The Kier molecular flexibility index (Phi) is 3.46. The van der Waals surface area contributed by atoms with Crippen molar-refractivity contribution in [3.63, 3.8) is 0 Å². The molecule has 0 aliphatic carbocycles. The molecule has 2 rings (SSSR count). The minimum Gasteiger partial charge on any atom is -0.465 e. The van der Waals surface area contributed by atoms with E-state index in [0.717, 1.165) is 5.56 Å². The average Bonchev–Trinajstić information content (AvgIpc) is 2.63. The molecule has 2 aromatic rings. The Morgan fingerprint density at radius 3 is 2.73 bits per heavy atom. The summed E-state index contributed by atoms with van der Waals surface area (Å²) in [6.45, 7) is 0.406. The van der Waals surface area contributed by atoms with E-state index in [9.17, 15) is 0 Å². The fraction of sp³-hybridized carbons (Fsp3) is 0.100. The van der Waals surface area contributed by atoms with E-state index >= 15 is 0 Å². The Bertz CT molecular complexity index is 458.